The Labute approximate surface area is 177 Å². The third kappa shape index (κ3) is 3.71. The Bertz CT molecular complexity index is 1140. The zero-order chi connectivity index (χ0) is 21.4. The maximum Gasteiger partial charge on any atom is 0.259 e. The average molecular weight is 405 g/mol. The van der Waals surface area contributed by atoms with E-state index in [0.29, 0.717) is 24.8 Å². The van der Waals surface area contributed by atoms with Gasteiger partial charge in [0.2, 0.25) is 5.95 Å². The first kappa shape index (κ1) is 20.2. The lowest BCUT2D eigenvalue weighted by Gasteiger charge is -2.38. The van der Waals surface area contributed by atoms with Gasteiger partial charge in [-0.05, 0) is 68.7 Å². The predicted octanol–water partition coefficient (Wildman–Crippen LogP) is 4.05. The Kier molecular flexibility index (Phi) is 5.35. The van der Waals surface area contributed by atoms with Gasteiger partial charge < -0.3 is 4.74 Å². The normalized spacial score (nSPS) is 14.0. The van der Waals surface area contributed by atoms with Gasteiger partial charge >= 0.3 is 0 Å². The smallest absolute Gasteiger partial charge is 0.259 e. The molecule has 0 N–H and O–H groups in total. The molecule has 1 aromatic heterocycles. The molecule has 4 rings (SSSR count). The summed E-state index contributed by atoms with van der Waals surface area (Å²) in [5.74, 6) is 1.54. The van der Waals surface area contributed by atoms with E-state index in [1.54, 1.807) is 11.7 Å². The largest absolute Gasteiger partial charge is 0.497 e. The minimum atomic E-state index is 0.0192. The molecule has 6 heteroatoms. The summed E-state index contributed by atoms with van der Waals surface area (Å²) in [6.45, 7) is 9.86. The zero-order valence-electron chi connectivity index (χ0n) is 18.3. The van der Waals surface area contributed by atoms with Crippen molar-refractivity contribution in [2.75, 3.05) is 18.7 Å². The first-order chi connectivity index (χ1) is 14.4. The highest BCUT2D eigenvalue weighted by atomic mass is 16.5. The van der Waals surface area contributed by atoms with Gasteiger partial charge in [-0.3, -0.25) is 19.2 Å². The van der Waals surface area contributed by atoms with Crippen molar-refractivity contribution in [2.24, 2.45) is 0 Å². The second-order valence-corrected chi connectivity index (χ2v) is 8.01. The third-order valence-electron chi connectivity index (χ3n) is 5.91. The van der Waals surface area contributed by atoms with Gasteiger partial charge in [0.25, 0.3) is 5.56 Å². The number of aromatic nitrogens is 2. The highest BCUT2D eigenvalue weighted by Gasteiger charge is 2.27. The van der Waals surface area contributed by atoms with Crippen LogP contribution in [-0.4, -0.2) is 28.2 Å². The molecule has 0 unspecified atom stereocenters. The van der Waals surface area contributed by atoms with E-state index < -0.39 is 0 Å². The van der Waals surface area contributed by atoms with Crippen molar-refractivity contribution < 1.29 is 4.74 Å². The second kappa shape index (κ2) is 7.95. The minimum Gasteiger partial charge on any atom is -0.497 e. The van der Waals surface area contributed by atoms with Crippen LogP contribution in [0.2, 0.25) is 0 Å². The molecule has 0 spiro atoms. The highest BCUT2D eigenvalue weighted by Crippen LogP contribution is 2.29. The van der Waals surface area contributed by atoms with Gasteiger partial charge in [0.05, 0.1) is 20.4 Å². The molecule has 30 heavy (non-hydrogen) atoms. The second-order valence-electron chi connectivity index (χ2n) is 8.01. The van der Waals surface area contributed by atoms with Gasteiger partial charge in [0, 0.05) is 23.5 Å². The fourth-order valence-corrected chi connectivity index (χ4v) is 3.76. The molecule has 2 aromatic carbocycles. The molecule has 156 valence electrons. The van der Waals surface area contributed by atoms with E-state index in [2.05, 4.69) is 54.0 Å². The number of anilines is 2. The van der Waals surface area contributed by atoms with E-state index in [4.69, 9.17) is 9.72 Å². The van der Waals surface area contributed by atoms with E-state index in [1.807, 2.05) is 26.0 Å². The fourth-order valence-electron chi connectivity index (χ4n) is 3.76. The number of fused-ring (bicyclic) bond motifs is 1. The lowest BCUT2D eigenvalue weighted by Crippen LogP contribution is -2.47. The van der Waals surface area contributed by atoms with Crippen molar-refractivity contribution in [3.63, 3.8) is 0 Å². The Morgan fingerprint density at radius 3 is 2.37 bits per heavy atom. The lowest BCUT2D eigenvalue weighted by atomic mass is 10.1. The van der Waals surface area contributed by atoms with E-state index in [0.717, 1.165) is 23.7 Å². The molecule has 3 aromatic rings. The van der Waals surface area contributed by atoms with Gasteiger partial charge in [-0.15, -0.1) is 0 Å². The van der Waals surface area contributed by atoms with Crippen LogP contribution < -0.4 is 15.2 Å². The number of hydrogen-bond donors (Lipinski definition) is 0. The molecule has 0 aliphatic carbocycles. The molecule has 0 saturated carbocycles. The monoisotopic (exact) mass is 404 g/mol. The number of nitrogens with zero attached hydrogens (tertiary/aromatic N) is 4. The van der Waals surface area contributed by atoms with Gasteiger partial charge in [0.15, 0.2) is 0 Å². The summed E-state index contributed by atoms with van der Waals surface area (Å²) in [6, 6.07) is 14.5. The molecule has 0 bridgehead atoms. The van der Waals surface area contributed by atoms with Gasteiger partial charge in [-0.25, -0.2) is 4.98 Å². The first-order valence-electron chi connectivity index (χ1n) is 10.2. The molecule has 0 atom stereocenters. The number of methoxy groups -OCH3 is 1. The number of hydrogen-bond acceptors (Lipinski definition) is 5. The average Bonchev–Trinajstić information content (AvgIpc) is 2.75. The Balaban J connectivity index is 1.75. The van der Waals surface area contributed by atoms with Crippen LogP contribution >= 0.6 is 0 Å². The number of rotatable bonds is 4. The molecular formula is C24H28N4O2. The maximum atomic E-state index is 13.1. The molecule has 0 fully saturated rings. The van der Waals surface area contributed by atoms with E-state index in [9.17, 15) is 4.79 Å². The van der Waals surface area contributed by atoms with E-state index in [1.165, 1.54) is 16.7 Å². The van der Waals surface area contributed by atoms with Crippen LogP contribution in [0, 0.1) is 27.7 Å². The molecule has 0 saturated heterocycles. The van der Waals surface area contributed by atoms with Crippen molar-refractivity contribution in [1.29, 1.82) is 0 Å². The third-order valence-corrected chi connectivity index (χ3v) is 5.91. The SMILES string of the molecule is COc1ccc(CN2CN(c3ccc(C)c(C)c3)c3nc(C)c(C)c(=O)n3C2)cc1. The number of aryl methyl sites for hydroxylation is 3. The van der Waals surface area contributed by atoms with Crippen molar-refractivity contribution in [3.8, 4) is 5.75 Å². The van der Waals surface area contributed by atoms with Gasteiger partial charge in [-0.2, -0.15) is 0 Å². The molecule has 2 heterocycles. The van der Waals surface area contributed by atoms with Crippen molar-refractivity contribution in [1.82, 2.24) is 14.5 Å². The summed E-state index contributed by atoms with van der Waals surface area (Å²) < 4.78 is 7.05. The molecule has 1 aliphatic rings. The standard InChI is InChI=1S/C24H28N4O2/c1-16-6-9-21(12-17(16)2)27-14-26(13-20-7-10-22(30-5)11-8-20)15-28-23(29)18(3)19(4)25-24(27)28/h6-12H,13-15H2,1-5H3. The van der Waals surface area contributed by atoms with Crippen LogP contribution in [0.5, 0.6) is 5.75 Å². The Morgan fingerprint density at radius 1 is 0.967 bits per heavy atom. The summed E-state index contributed by atoms with van der Waals surface area (Å²) in [5, 5.41) is 0. The fraction of sp³-hybridized carbons (Fsp3) is 0.333. The van der Waals surface area contributed by atoms with Crippen LogP contribution in [0.4, 0.5) is 11.6 Å². The molecule has 0 radical (unpaired) electrons. The summed E-state index contributed by atoms with van der Waals surface area (Å²) in [5.41, 5.74) is 6.18. The number of benzene rings is 2. The minimum absolute atomic E-state index is 0.0192. The lowest BCUT2D eigenvalue weighted by molar-refractivity contribution is 0.190. The summed E-state index contributed by atoms with van der Waals surface area (Å²) in [6.07, 6.45) is 0. The first-order valence-corrected chi connectivity index (χ1v) is 10.2. The topological polar surface area (TPSA) is 50.6 Å². The zero-order valence-corrected chi connectivity index (χ0v) is 18.3. The predicted molar refractivity (Wildman–Crippen MR) is 119 cm³/mol. The summed E-state index contributed by atoms with van der Waals surface area (Å²) >= 11 is 0. The molecule has 6 nitrogen and oxygen atoms in total. The summed E-state index contributed by atoms with van der Waals surface area (Å²) in [4.78, 5) is 22.2. The van der Waals surface area contributed by atoms with Crippen LogP contribution in [0.25, 0.3) is 0 Å². The maximum absolute atomic E-state index is 13.1. The van der Waals surface area contributed by atoms with Crippen LogP contribution in [0.1, 0.15) is 27.9 Å². The van der Waals surface area contributed by atoms with E-state index >= 15 is 0 Å². The Hall–Kier alpha value is -3.12. The van der Waals surface area contributed by atoms with Gasteiger partial charge in [-0.1, -0.05) is 18.2 Å². The summed E-state index contributed by atoms with van der Waals surface area (Å²) in [7, 11) is 1.67. The Morgan fingerprint density at radius 2 is 1.70 bits per heavy atom. The van der Waals surface area contributed by atoms with Crippen molar-refractivity contribution in [2.45, 2.75) is 40.9 Å². The van der Waals surface area contributed by atoms with Crippen molar-refractivity contribution >= 4 is 11.6 Å². The van der Waals surface area contributed by atoms with Gasteiger partial charge in [0.1, 0.15) is 5.75 Å². The van der Waals surface area contributed by atoms with Crippen LogP contribution in [0.3, 0.4) is 0 Å². The highest BCUT2D eigenvalue weighted by molar-refractivity contribution is 5.60. The van der Waals surface area contributed by atoms with Crippen LogP contribution in [-0.2, 0) is 13.2 Å². The van der Waals surface area contributed by atoms with Crippen LogP contribution in [0.15, 0.2) is 47.3 Å². The van der Waals surface area contributed by atoms with Crippen molar-refractivity contribution in [3.05, 3.63) is 80.8 Å². The quantitative estimate of drug-likeness (QED) is 0.657. The molecular weight excluding hydrogens is 376 g/mol. The van der Waals surface area contributed by atoms with E-state index in [-0.39, 0.29) is 5.56 Å². The number of ether oxygens (including phenoxy) is 1. The molecule has 1 aliphatic heterocycles. The molecule has 0 amide bonds.